The number of aromatic nitrogens is 2. The third kappa shape index (κ3) is 2.62. The molecule has 3 saturated heterocycles. The van der Waals surface area contributed by atoms with Crippen LogP contribution in [0.25, 0.3) is 0 Å². The molecule has 1 amide bonds. The maximum absolute atomic E-state index is 12.7. The molecule has 0 unspecified atom stereocenters. The molecule has 3 aliphatic heterocycles. The lowest BCUT2D eigenvalue weighted by Crippen LogP contribution is -2.59. The second kappa shape index (κ2) is 6.22. The molecule has 130 valence electrons. The number of nitrogens with zero attached hydrogens (tertiary/aromatic N) is 5. The lowest BCUT2D eigenvalue weighted by atomic mass is 10.1. The molecule has 0 spiro atoms. The molecule has 3 aliphatic rings. The minimum Gasteiger partial charge on any atom is -0.343 e. The number of piperazine rings is 1. The van der Waals surface area contributed by atoms with Crippen molar-refractivity contribution in [1.82, 2.24) is 14.9 Å². The molecule has 24 heavy (non-hydrogen) atoms. The average Bonchev–Trinajstić information content (AvgIpc) is 3.29. The maximum atomic E-state index is 12.7. The summed E-state index contributed by atoms with van der Waals surface area (Å²) < 4.78 is 0. The Balaban J connectivity index is 1.67. The molecular formula is C18H27N5O. The monoisotopic (exact) mass is 329 g/mol. The summed E-state index contributed by atoms with van der Waals surface area (Å²) in [5, 5.41) is 0. The first-order chi connectivity index (χ1) is 11.7. The first-order valence-electron chi connectivity index (χ1n) is 9.37. The van der Waals surface area contributed by atoms with Crippen LogP contribution >= 0.6 is 0 Å². The third-order valence-corrected chi connectivity index (χ3v) is 5.69. The normalized spacial score (nSPS) is 27.1. The van der Waals surface area contributed by atoms with Gasteiger partial charge in [-0.1, -0.05) is 6.92 Å². The third-order valence-electron chi connectivity index (χ3n) is 5.69. The molecule has 0 aromatic carbocycles. The zero-order valence-electron chi connectivity index (χ0n) is 14.7. The first-order valence-corrected chi connectivity index (χ1v) is 9.37. The van der Waals surface area contributed by atoms with E-state index in [1.165, 1.54) is 12.8 Å². The highest BCUT2D eigenvalue weighted by atomic mass is 16.2. The van der Waals surface area contributed by atoms with Crippen molar-refractivity contribution < 1.29 is 4.79 Å². The van der Waals surface area contributed by atoms with Gasteiger partial charge in [-0.25, -0.2) is 4.98 Å². The van der Waals surface area contributed by atoms with E-state index in [2.05, 4.69) is 27.7 Å². The van der Waals surface area contributed by atoms with E-state index < -0.39 is 0 Å². The largest absolute Gasteiger partial charge is 0.343 e. The summed E-state index contributed by atoms with van der Waals surface area (Å²) in [5.74, 6) is 2.02. The molecule has 4 rings (SSSR count). The van der Waals surface area contributed by atoms with Crippen LogP contribution in [0.2, 0.25) is 0 Å². The Morgan fingerprint density at radius 1 is 1.12 bits per heavy atom. The van der Waals surface area contributed by atoms with Gasteiger partial charge in [0.2, 0.25) is 11.9 Å². The molecule has 3 fully saturated rings. The fourth-order valence-electron chi connectivity index (χ4n) is 4.22. The van der Waals surface area contributed by atoms with Crippen molar-refractivity contribution in [2.24, 2.45) is 0 Å². The highest BCUT2D eigenvalue weighted by molar-refractivity contribution is 5.86. The van der Waals surface area contributed by atoms with Crippen molar-refractivity contribution in [2.45, 2.75) is 58.0 Å². The molecule has 0 saturated carbocycles. The summed E-state index contributed by atoms with van der Waals surface area (Å²) in [4.78, 5) is 28.9. The Hall–Kier alpha value is -1.85. The lowest BCUT2D eigenvalue weighted by molar-refractivity contribution is -0.134. The van der Waals surface area contributed by atoms with E-state index in [0.29, 0.717) is 6.04 Å². The van der Waals surface area contributed by atoms with Crippen LogP contribution in [0.15, 0.2) is 6.07 Å². The van der Waals surface area contributed by atoms with Gasteiger partial charge in [-0.15, -0.1) is 0 Å². The summed E-state index contributed by atoms with van der Waals surface area (Å²) in [7, 11) is 0. The molecule has 0 bridgehead atoms. The van der Waals surface area contributed by atoms with Crippen LogP contribution in [0.4, 0.5) is 11.8 Å². The van der Waals surface area contributed by atoms with Crippen LogP contribution in [-0.2, 0) is 11.2 Å². The SMILES string of the molecule is CCc1cc(N2C[C@@H]3CCCN3C(=O)[C@H]2C)nc(N2CCCC2)n1. The quantitative estimate of drug-likeness (QED) is 0.847. The van der Waals surface area contributed by atoms with Gasteiger partial charge in [0.1, 0.15) is 11.9 Å². The molecule has 1 aromatic rings. The van der Waals surface area contributed by atoms with Gasteiger partial charge >= 0.3 is 0 Å². The summed E-state index contributed by atoms with van der Waals surface area (Å²) in [6, 6.07) is 2.29. The predicted molar refractivity (Wildman–Crippen MR) is 94.4 cm³/mol. The standard InChI is InChI=1S/C18H27N5O/c1-3-14-11-16(20-18(19-14)21-8-4-5-9-21)23-12-15-7-6-10-22(15)17(24)13(23)2/h11,13,15H,3-10,12H2,1-2H3/t13-,15+/m1/s1. The molecule has 0 N–H and O–H groups in total. The van der Waals surface area contributed by atoms with Crippen molar-refractivity contribution in [2.75, 3.05) is 36.0 Å². The van der Waals surface area contributed by atoms with Crippen LogP contribution in [0.5, 0.6) is 0 Å². The number of hydrogen-bond acceptors (Lipinski definition) is 5. The number of anilines is 2. The Labute approximate surface area is 143 Å². The van der Waals surface area contributed by atoms with E-state index in [4.69, 9.17) is 9.97 Å². The number of carbonyl (C=O) groups excluding carboxylic acids is 1. The number of fused-ring (bicyclic) bond motifs is 1. The minimum absolute atomic E-state index is 0.134. The van der Waals surface area contributed by atoms with Gasteiger partial charge in [0.15, 0.2) is 0 Å². The number of rotatable bonds is 3. The van der Waals surface area contributed by atoms with E-state index in [-0.39, 0.29) is 11.9 Å². The highest BCUT2D eigenvalue weighted by Gasteiger charge is 2.41. The predicted octanol–water partition coefficient (Wildman–Crippen LogP) is 1.84. The van der Waals surface area contributed by atoms with Crippen LogP contribution in [0.3, 0.4) is 0 Å². The van der Waals surface area contributed by atoms with Crippen molar-refractivity contribution in [3.8, 4) is 0 Å². The average molecular weight is 329 g/mol. The van der Waals surface area contributed by atoms with Crippen molar-refractivity contribution in [1.29, 1.82) is 0 Å². The second-order valence-electron chi connectivity index (χ2n) is 7.22. The van der Waals surface area contributed by atoms with Crippen molar-refractivity contribution in [3.05, 3.63) is 11.8 Å². The minimum atomic E-state index is -0.134. The number of carbonyl (C=O) groups is 1. The molecule has 4 heterocycles. The zero-order chi connectivity index (χ0) is 16.7. The highest BCUT2D eigenvalue weighted by Crippen LogP contribution is 2.30. The summed E-state index contributed by atoms with van der Waals surface area (Å²) >= 11 is 0. The zero-order valence-corrected chi connectivity index (χ0v) is 14.7. The molecule has 6 nitrogen and oxygen atoms in total. The molecule has 2 atom stereocenters. The van der Waals surface area contributed by atoms with E-state index in [9.17, 15) is 4.79 Å². The number of aryl methyl sites for hydroxylation is 1. The van der Waals surface area contributed by atoms with Crippen LogP contribution in [0, 0.1) is 0 Å². The first kappa shape index (κ1) is 15.7. The van der Waals surface area contributed by atoms with Crippen LogP contribution in [-0.4, -0.2) is 59.0 Å². The van der Waals surface area contributed by atoms with E-state index in [1.807, 2.05) is 6.92 Å². The van der Waals surface area contributed by atoms with Gasteiger partial charge in [-0.05, 0) is 39.0 Å². The second-order valence-corrected chi connectivity index (χ2v) is 7.22. The van der Waals surface area contributed by atoms with Gasteiger partial charge < -0.3 is 14.7 Å². The molecule has 0 radical (unpaired) electrons. The van der Waals surface area contributed by atoms with Gasteiger partial charge in [0.05, 0.1) is 0 Å². The van der Waals surface area contributed by atoms with E-state index >= 15 is 0 Å². The smallest absolute Gasteiger partial charge is 0.245 e. The van der Waals surface area contributed by atoms with Gasteiger partial charge in [-0.3, -0.25) is 4.79 Å². The summed E-state index contributed by atoms with van der Waals surface area (Å²) in [6.45, 7) is 8.04. The maximum Gasteiger partial charge on any atom is 0.245 e. The van der Waals surface area contributed by atoms with Crippen LogP contribution < -0.4 is 9.80 Å². The fourth-order valence-corrected chi connectivity index (χ4v) is 4.22. The number of hydrogen-bond donors (Lipinski definition) is 0. The number of amides is 1. The van der Waals surface area contributed by atoms with E-state index in [0.717, 1.165) is 62.9 Å². The Morgan fingerprint density at radius 3 is 2.67 bits per heavy atom. The van der Waals surface area contributed by atoms with Gasteiger partial charge in [-0.2, -0.15) is 4.98 Å². The topological polar surface area (TPSA) is 52.6 Å². The van der Waals surface area contributed by atoms with Crippen molar-refractivity contribution in [3.63, 3.8) is 0 Å². The lowest BCUT2D eigenvalue weighted by Gasteiger charge is -2.42. The molecule has 6 heteroatoms. The fraction of sp³-hybridized carbons (Fsp3) is 0.722. The Morgan fingerprint density at radius 2 is 1.92 bits per heavy atom. The van der Waals surface area contributed by atoms with Crippen molar-refractivity contribution >= 4 is 17.7 Å². The molecular weight excluding hydrogens is 302 g/mol. The Kier molecular flexibility index (Phi) is 4.06. The molecule has 0 aliphatic carbocycles. The summed E-state index contributed by atoms with van der Waals surface area (Å²) in [5.41, 5.74) is 1.07. The van der Waals surface area contributed by atoms with Gasteiger partial charge in [0, 0.05) is 44.0 Å². The summed E-state index contributed by atoms with van der Waals surface area (Å²) in [6.07, 6.45) is 5.55. The Bertz CT molecular complexity index is 628. The molecule has 1 aromatic heterocycles. The van der Waals surface area contributed by atoms with Crippen LogP contribution in [0.1, 0.15) is 45.2 Å². The van der Waals surface area contributed by atoms with Gasteiger partial charge in [0.25, 0.3) is 0 Å². The van der Waals surface area contributed by atoms with E-state index in [1.54, 1.807) is 0 Å².